The summed E-state index contributed by atoms with van der Waals surface area (Å²) in [4.78, 5) is 21.5. The Balaban J connectivity index is 0.000000707. The molecule has 5 heteroatoms. The van der Waals surface area contributed by atoms with E-state index in [2.05, 4.69) is 45.2 Å². The molecule has 1 fully saturated rings. The van der Waals surface area contributed by atoms with Crippen LogP contribution in [0.2, 0.25) is 0 Å². The fourth-order valence-electron chi connectivity index (χ4n) is 3.79. The van der Waals surface area contributed by atoms with Gasteiger partial charge in [0.1, 0.15) is 5.82 Å². The van der Waals surface area contributed by atoms with Crippen molar-refractivity contribution in [3.63, 3.8) is 0 Å². The number of aromatic nitrogens is 1. The summed E-state index contributed by atoms with van der Waals surface area (Å²) in [6.45, 7) is 13.3. The molecule has 0 saturated carbocycles. The molecule has 4 rings (SSSR count). The van der Waals surface area contributed by atoms with Crippen LogP contribution >= 0.6 is 0 Å². The number of carbonyl (C=O) groups is 1. The van der Waals surface area contributed by atoms with Gasteiger partial charge in [-0.05, 0) is 43.0 Å². The quantitative estimate of drug-likeness (QED) is 0.787. The minimum atomic E-state index is 0.0904. The Morgan fingerprint density at radius 1 is 0.966 bits per heavy atom. The molecule has 1 amide bonds. The fourth-order valence-corrected chi connectivity index (χ4v) is 3.79. The molecule has 0 aliphatic carbocycles. The van der Waals surface area contributed by atoms with E-state index < -0.39 is 0 Å². The van der Waals surface area contributed by atoms with E-state index >= 15 is 0 Å². The third-order valence-corrected chi connectivity index (χ3v) is 5.21. The molecule has 1 saturated heterocycles. The van der Waals surface area contributed by atoms with Crippen molar-refractivity contribution in [3.8, 4) is 0 Å². The number of nitrogens with zero attached hydrogens (tertiary/aromatic N) is 3. The largest absolute Gasteiger partial charge is 0.357 e. The minimum absolute atomic E-state index is 0.0904. The second kappa shape index (κ2) is 11.6. The number of amides is 1. The SMILES string of the molecule is CC.CC.Cc1ccc(N2CCC(N3CC(=O)Nc4ccccc4C3)CC2)nc1. The van der Waals surface area contributed by atoms with Crippen LogP contribution in [0, 0.1) is 6.92 Å². The van der Waals surface area contributed by atoms with Crippen molar-refractivity contribution in [2.75, 3.05) is 29.9 Å². The van der Waals surface area contributed by atoms with E-state index in [1.165, 1.54) is 11.1 Å². The lowest BCUT2D eigenvalue weighted by atomic mass is 10.0. The van der Waals surface area contributed by atoms with Crippen LogP contribution in [-0.2, 0) is 11.3 Å². The number of benzene rings is 1. The summed E-state index contributed by atoms with van der Waals surface area (Å²) in [5, 5.41) is 3.03. The normalized spacial score (nSPS) is 17.0. The lowest BCUT2D eigenvalue weighted by Gasteiger charge is -2.38. The summed E-state index contributed by atoms with van der Waals surface area (Å²) >= 11 is 0. The van der Waals surface area contributed by atoms with Gasteiger partial charge >= 0.3 is 0 Å². The highest BCUT2D eigenvalue weighted by molar-refractivity contribution is 5.93. The topological polar surface area (TPSA) is 48.5 Å². The maximum Gasteiger partial charge on any atom is 0.238 e. The van der Waals surface area contributed by atoms with Crippen molar-refractivity contribution in [1.82, 2.24) is 9.88 Å². The summed E-state index contributed by atoms with van der Waals surface area (Å²) < 4.78 is 0. The molecule has 1 aromatic carbocycles. The van der Waals surface area contributed by atoms with Crippen molar-refractivity contribution >= 4 is 17.4 Å². The average molecular weight is 397 g/mol. The van der Waals surface area contributed by atoms with Gasteiger partial charge in [-0.15, -0.1) is 0 Å². The zero-order valence-electron chi connectivity index (χ0n) is 18.6. The van der Waals surface area contributed by atoms with Crippen LogP contribution in [0.25, 0.3) is 0 Å². The molecular weight excluding hydrogens is 360 g/mol. The first kappa shape index (κ1) is 22.9. The molecule has 0 bridgehead atoms. The average Bonchev–Trinajstić information content (AvgIpc) is 2.95. The van der Waals surface area contributed by atoms with Gasteiger partial charge in [0.25, 0.3) is 0 Å². The van der Waals surface area contributed by atoms with E-state index in [1.807, 2.05) is 52.1 Å². The predicted octanol–water partition coefficient (Wildman–Crippen LogP) is 4.87. The first-order valence-electron chi connectivity index (χ1n) is 11.0. The van der Waals surface area contributed by atoms with Gasteiger partial charge in [-0.3, -0.25) is 9.69 Å². The van der Waals surface area contributed by atoms with Gasteiger partial charge in [0.2, 0.25) is 5.91 Å². The van der Waals surface area contributed by atoms with Gasteiger partial charge < -0.3 is 10.2 Å². The van der Waals surface area contributed by atoms with E-state index in [4.69, 9.17) is 0 Å². The number of nitrogens with one attached hydrogen (secondary N) is 1. The van der Waals surface area contributed by atoms with Gasteiger partial charge in [-0.2, -0.15) is 0 Å². The monoisotopic (exact) mass is 396 g/mol. The van der Waals surface area contributed by atoms with E-state index in [9.17, 15) is 4.79 Å². The third-order valence-electron chi connectivity index (χ3n) is 5.21. The van der Waals surface area contributed by atoms with Gasteiger partial charge in [0, 0.05) is 37.6 Å². The fraction of sp³-hybridized carbons (Fsp3) is 0.500. The van der Waals surface area contributed by atoms with Crippen LogP contribution in [0.3, 0.4) is 0 Å². The summed E-state index contributed by atoms with van der Waals surface area (Å²) in [5.74, 6) is 1.15. The first-order valence-corrected chi connectivity index (χ1v) is 11.0. The lowest BCUT2D eigenvalue weighted by Crippen LogP contribution is -2.46. The van der Waals surface area contributed by atoms with Crippen LogP contribution < -0.4 is 10.2 Å². The number of pyridine rings is 1. The highest BCUT2D eigenvalue weighted by Crippen LogP contribution is 2.26. The standard InChI is InChI=1S/C20H24N4O.2C2H6/c1-15-6-7-19(21-12-15)23-10-8-17(9-11-23)24-13-16-4-2-3-5-18(16)22-20(25)14-24;2*1-2/h2-7,12,17H,8-11,13-14H2,1H3,(H,22,25);2*1-2H3. The minimum Gasteiger partial charge on any atom is -0.357 e. The van der Waals surface area contributed by atoms with Crippen LogP contribution in [0.15, 0.2) is 42.6 Å². The number of para-hydroxylation sites is 1. The Morgan fingerprint density at radius 3 is 2.31 bits per heavy atom. The number of aryl methyl sites for hydroxylation is 1. The maximum absolute atomic E-state index is 12.2. The van der Waals surface area contributed by atoms with Crippen LogP contribution in [0.1, 0.15) is 51.7 Å². The maximum atomic E-state index is 12.2. The Kier molecular flexibility index (Phi) is 9.13. The number of fused-ring (bicyclic) bond motifs is 1. The summed E-state index contributed by atoms with van der Waals surface area (Å²) in [5.41, 5.74) is 3.35. The zero-order chi connectivity index (χ0) is 21.2. The van der Waals surface area contributed by atoms with E-state index in [1.54, 1.807) is 0 Å². The molecule has 2 aliphatic heterocycles. The molecule has 2 aromatic rings. The zero-order valence-corrected chi connectivity index (χ0v) is 18.6. The number of hydrogen-bond donors (Lipinski definition) is 1. The van der Waals surface area contributed by atoms with Crippen LogP contribution in [-0.4, -0.2) is 41.5 Å². The number of piperidine rings is 1. The Morgan fingerprint density at radius 2 is 1.66 bits per heavy atom. The molecule has 1 N–H and O–H groups in total. The Bertz CT molecular complexity index is 752. The van der Waals surface area contributed by atoms with Gasteiger partial charge in [-0.1, -0.05) is 52.0 Å². The molecule has 158 valence electrons. The molecule has 5 nitrogen and oxygen atoms in total. The lowest BCUT2D eigenvalue weighted by molar-refractivity contribution is -0.117. The molecule has 2 aliphatic rings. The van der Waals surface area contributed by atoms with E-state index in [0.29, 0.717) is 12.6 Å². The number of rotatable bonds is 2. The molecule has 0 radical (unpaired) electrons. The molecule has 0 unspecified atom stereocenters. The van der Waals surface area contributed by atoms with E-state index in [0.717, 1.165) is 44.0 Å². The van der Waals surface area contributed by atoms with Gasteiger partial charge in [0.05, 0.1) is 6.54 Å². The molecule has 0 spiro atoms. The molecule has 29 heavy (non-hydrogen) atoms. The van der Waals surface area contributed by atoms with Gasteiger partial charge in [-0.25, -0.2) is 4.98 Å². The predicted molar refractivity (Wildman–Crippen MR) is 122 cm³/mol. The molecule has 0 atom stereocenters. The van der Waals surface area contributed by atoms with Crippen molar-refractivity contribution < 1.29 is 4.79 Å². The second-order valence-corrected chi connectivity index (χ2v) is 7.02. The number of anilines is 2. The van der Waals surface area contributed by atoms with E-state index in [-0.39, 0.29) is 5.91 Å². The van der Waals surface area contributed by atoms with Crippen molar-refractivity contribution in [3.05, 3.63) is 53.7 Å². The summed E-state index contributed by atoms with van der Waals surface area (Å²) in [6, 6.07) is 12.8. The smallest absolute Gasteiger partial charge is 0.238 e. The highest BCUT2D eigenvalue weighted by Gasteiger charge is 2.28. The third kappa shape index (κ3) is 6.04. The molecule has 3 heterocycles. The number of carbonyl (C=O) groups excluding carboxylic acids is 1. The van der Waals surface area contributed by atoms with Crippen molar-refractivity contribution in [2.24, 2.45) is 0 Å². The van der Waals surface area contributed by atoms with Gasteiger partial charge in [0.15, 0.2) is 0 Å². The number of hydrogen-bond acceptors (Lipinski definition) is 4. The van der Waals surface area contributed by atoms with Crippen molar-refractivity contribution in [2.45, 2.75) is 60.0 Å². The molecular formula is C24H36N4O. The first-order chi connectivity index (χ1) is 14.2. The molecule has 1 aromatic heterocycles. The Labute approximate surface area is 176 Å². The highest BCUT2D eigenvalue weighted by atomic mass is 16.2. The van der Waals surface area contributed by atoms with Crippen molar-refractivity contribution in [1.29, 1.82) is 0 Å². The Hall–Kier alpha value is -2.40. The van der Waals surface area contributed by atoms with Crippen LogP contribution in [0.5, 0.6) is 0 Å². The summed E-state index contributed by atoms with van der Waals surface area (Å²) in [6.07, 6.45) is 4.05. The summed E-state index contributed by atoms with van der Waals surface area (Å²) in [7, 11) is 0. The van der Waals surface area contributed by atoms with Crippen LogP contribution in [0.4, 0.5) is 11.5 Å². The second-order valence-electron chi connectivity index (χ2n) is 7.02.